The normalized spacial score (nSPS) is 31.2. The number of aliphatic hydroxyl groups is 1. The van der Waals surface area contributed by atoms with Gasteiger partial charge in [0.1, 0.15) is 0 Å². The molecule has 0 spiro atoms. The monoisotopic (exact) mass is 215 g/mol. The van der Waals surface area contributed by atoms with Crippen LogP contribution in [0.3, 0.4) is 0 Å². The molecule has 2 unspecified atom stereocenters. The molecule has 0 amide bonds. The second kappa shape index (κ2) is 6.46. The number of nitrogens with one attached hydrogen (secondary N) is 1. The van der Waals surface area contributed by atoms with Gasteiger partial charge in [-0.1, -0.05) is 0 Å². The minimum atomic E-state index is -0.206. The molecule has 2 atom stereocenters. The van der Waals surface area contributed by atoms with Crippen molar-refractivity contribution in [2.75, 3.05) is 7.11 Å². The fourth-order valence-corrected chi connectivity index (χ4v) is 2.45. The quantitative estimate of drug-likeness (QED) is 0.733. The zero-order valence-electron chi connectivity index (χ0n) is 10.2. The maximum atomic E-state index is 9.27. The van der Waals surface area contributed by atoms with Crippen molar-refractivity contribution < 1.29 is 9.84 Å². The molecule has 0 aromatic heterocycles. The van der Waals surface area contributed by atoms with Crippen molar-refractivity contribution in [3.05, 3.63) is 0 Å². The SMILES string of the molecule is COC1CCC(NC(C)CC(C)O)CC1. The number of rotatable bonds is 5. The average molecular weight is 215 g/mol. The summed E-state index contributed by atoms with van der Waals surface area (Å²) in [5.74, 6) is 0. The van der Waals surface area contributed by atoms with Crippen LogP contribution in [0, 0.1) is 0 Å². The smallest absolute Gasteiger partial charge is 0.0572 e. The highest BCUT2D eigenvalue weighted by Crippen LogP contribution is 2.21. The van der Waals surface area contributed by atoms with Gasteiger partial charge in [0.15, 0.2) is 0 Å². The molecule has 1 aliphatic rings. The lowest BCUT2D eigenvalue weighted by Gasteiger charge is -2.30. The van der Waals surface area contributed by atoms with Gasteiger partial charge in [0.05, 0.1) is 12.2 Å². The molecule has 0 aromatic carbocycles. The Morgan fingerprint density at radius 3 is 2.33 bits per heavy atom. The summed E-state index contributed by atoms with van der Waals surface area (Å²) in [6.45, 7) is 4.00. The van der Waals surface area contributed by atoms with Gasteiger partial charge < -0.3 is 15.2 Å². The van der Waals surface area contributed by atoms with Crippen LogP contribution in [0.4, 0.5) is 0 Å². The molecule has 0 saturated heterocycles. The Balaban J connectivity index is 2.17. The summed E-state index contributed by atoms with van der Waals surface area (Å²) in [6, 6.07) is 1.03. The molecule has 3 heteroatoms. The van der Waals surface area contributed by atoms with Gasteiger partial charge >= 0.3 is 0 Å². The van der Waals surface area contributed by atoms with E-state index in [1.165, 1.54) is 12.8 Å². The third-order valence-corrected chi connectivity index (χ3v) is 3.22. The average Bonchev–Trinajstić information content (AvgIpc) is 2.17. The fourth-order valence-electron chi connectivity index (χ4n) is 2.45. The topological polar surface area (TPSA) is 41.5 Å². The first-order valence-corrected chi connectivity index (χ1v) is 6.08. The second-order valence-corrected chi connectivity index (χ2v) is 4.86. The number of hydrogen-bond donors (Lipinski definition) is 2. The Kier molecular flexibility index (Phi) is 5.58. The van der Waals surface area contributed by atoms with E-state index in [-0.39, 0.29) is 6.10 Å². The zero-order chi connectivity index (χ0) is 11.3. The lowest BCUT2D eigenvalue weighted by Crippen LogP contribution is -2.41. The Hall–Kier alpha value is -0.120. The van der Waals surface area contributed by atoms with Crippen molar-refractivity contribution in [1.82, 2.24) is 5.32 Å². The summed E-state index contributed by atoms with van der Waals surface area (Å²) in [5.41, 5.74) is 0. The highest BCUT2D eigenvalue weighted by Gasteiger charge is 2.21. The number of ether oxygens (including phenoxy) is 1. The largest absolute Gasteiger partial charge is 0.393 e. The van der Waals surface area contributed by atoms with Crippen LogP contribution in [-0.4, -0.2) is 36.5 Å². The maximum absolute atomic E-state index is 9.27. The van der Waals surface area contributed by atoms with Gasteiger partial charge in [0, 0.05) is 19.2 Å². The Morgan fingerprint density at radius 1 is 1.27 bits per heavy atom. The molecular formula is C12H25NO2. The van der Waals surface area contributed by atoms with Crippen LogP contribution in [-0.2, 0) is 4.74 Å². The maximum Gasteiger partial charge on any atom is 0.0572 e. The molecule has 0 bridgehead atoms. The molecule has 90 valence electrons. The molecule has 15 heavy (non-hydrogen) atoms. The van der Waals surface area contributed by atoms with Gasteiger partial charge in [-0.2, -0.15) is 0 Å². The van der Waals surface area contributed by atoms with Crippen molar-refractivity contribution in [3.63, 3.8) is 0 Å². The van der Waals surface area contributed by atoms with Crippen LogP contribution in [0.15, 0.2) is 0 Å². The van der Waals surface area contributed by atoms with Crippen molar-refractivity contribution in [1.29, 1.82) is 0 Å². The highest BCUT2D eigenvalue weighted by molar-refractivity contribution is 4.79. The lowest BCUT2D eigenvalue weighted by molar-refractivity contribution is 0.0601. The third-order valence-electron chi connectivity index (χ3n) is 3.22. The van der Waals surface area contributed by atoms with Crippen molar-refractivity contribution >= 4 is 0 Å². The van der Waals surface area contributed by atoms with E-state index in [9.17, 15) is 5.11 Å². The number of hydrogen-bond acceptors (Lipinski definition) is 3. The van der Waals surface area contributed by atoms with Crippen LogP contribution in [0.5, 0.6) is 0 Å². The lowest BCUT2D eigenvalue weighted by atomic mass is 9.92. The Labute approximate surface area is 93.2 Å². The standard InChI is InChI=1S/C12H25NO2/c1-9(8-10(2)14)13-11-4-6-12(15-3)7-5-11/h9-14H,4-8H2,1-3H3. The van der Waals surface area contributed by atoms with Crippen molar-refractivity contribution in [2.45, 2.75) is 70.2 Å². The first kappa shape index (κ1) is 12.9. The van der Waals surface area contributed by atoms with E-state index in [1.54, 1.807) is 7.11 Å². The predicted molar refractivity (Wildman–Crippen MR) is 61.9 cm³/mol. The Bertz CT molecular complexity index is 165. The molecule has 2 N–H and O–H groups in total. The number of methoxy groups -OCH3 is 1. The van der Waals surface area contributed by atoms with Crippen LogP contribution < -0.4 is 5.32 Å². The van der Waals surface area contributed by atoms with E-state index in [0.29, 0.717) is 18.2 Å². The summed E-state index contributed by atoms with van der Waals surface area (Å²) < 4.78 is 5.34. The molecule has 0 aromatic rings. The molecule has 0 heterocycles. The molecule has 1 aliphatic carbocycles. The molecule has 1 fully saturated rings. The fraction of sp³-hybridized carbons (Fsp3) is 1.00. The molecule has 0 radical (unpaired) electrons. The second-order valence-electron chi connectivity index (χ2n) is 4.86. The van der Waals surface area contributed by atoms with E-state index in [1.807, 2.05) is 6.92 Å². The van der Waals surface area contributed by atoms with Gasteiger partial charge in [-0.3, -0.25) is 0 Å². The van der Waals surface area contributed by atoms with Gasteiger partial charge in [0.25, 0.3) is 0 Å². The molecule has 3 nitrogen and oxygen atoms in total. The summed E-state index contributed by atoms with van der Waals surface area (Å²) >= 11 is 0. The molecule has 1 rings (SSSR count). The summed E-state index contributed by atoms with van der Waals surface area (Å²) in [5, 5.41) is 12.9. The van der Waals surface area contributed by atoms with Gasteiger partial charge in [-0.05, 0) is 46.0 Å². The van der Waals surface area contributed by atoms with E-state index in [2.05, 4.69) is 12.2 Å². The first-order valence-electron chi connectivity index (χ1n) is 6.08. The molecule has 0 aliphatic heterocycles. The number of aliphatic hydroxyl groups excluding tert-OH is 1. The van der Waals surface area contributed by atoms with Crippen LogP contribution in [0.1, 0.15) is 46.0 Å². The predicted octanol–water partition coefficient (Wildman–Crippen LogP) is 1.69. The van der Waals surface area contributed by atoms with E-state index in [0.717, 1.165) is 19.3 Å². The van der Waals surface area contributed by atoms with E-state index < -0.39 is 0 Å². The molecular weight excluding hydrogens is 190 g/mol. The zero-order valence-corrected chi connectivity index (χ0v) is 10.2. The van der Waals surface area contributed by atoms with E-state index >= 15 is 0 Å². The summed E-state index contributed by atoms with van der Waals surface area (Å²) in [7, 11) is 1.80. The van der Waals surface area contributed by atoms with Crippen LogP contribution in [0.2, 0.25) is 0 Å². The highest BCUT2D eigenvalue weighted by atomic mass is 16.5. The van der Waals surface area contributed by atoms with E-state index in [4.69, 9.17) is 4.74 Å². The van der Waals surface area contributed by atoms with Crippen molar-refractivity contribution in [3.8, 4) is 0 Å². The third kappa shape index (κ3) is 4.96. The van der Waals surface area contributed by atoms with Gasteiger partial charge in [-0.25, -0.2) is 0 Å². The van der Waals surface area contributed by atoms with Crippen LogP contribution >= 0.6 is 0 Å². The van der Waals surface area contributed by atoms with Gasteiger partial charge in [-0.15, -0.1) is 0 Å². The van der Waals surface area contributed by atoms with Crippen LogP contribution in [0.25, 0.3) is 0 Å². The summed E-state index contributed by atoms with van der Waals surface area (Å²) in [4.78, 5) is 0. The minimum Gasteiger partial charge on any atom is -0.393 e. The first-order chi connectivity index (χ1) is 7.11. The van der Waals surface area contributed by atoms with Gasteiger partial charge in [0.2, 0.25) is 0 Å². The minimum absolute atomic E-state index is 0.206. The molecule has 1 saturated carbocycles. The summed E-state index contributed by atoms with van der Waals surface area (Å²) in [6.07, 6.45) is 5.82. The Morgan fingerprint density at radius 2 is 1.87 bits per heavy atom. The van der Waals surface area contributed by atoms with Crippen molar-refractivity contribution in [2.24, 2.45) is 0 Å².